The highest BCUT2D eigenvalue weighted by molar-refractivity contribution is 7.89. The Balaban J connectivity index is 1.51. The molecule has 8 nitrogen and oxygen atoms in total. The second kappa shape index (κ2) is 9.17. The normalized spacial score (nSPS) is 20.4. The van der Waals surface area contributed by atoms with Crippen LogP contribution >= 0.6 is 0 Å². The van der Waals surface area contributed by atoms with Gasteiger partial charge in [-0.25, -0.2) is 16.8 Å². The van der Waals surface area contributed by atoms with Crippen molar-refractivity contribution in [2.24, 2.45) is 0 Å². The van der Waals surface area contributed by atoms with E-state index in [-0.39, 0.29) is 49.3 Å². The minimum atomic E-state index is -3.64. The molecule has 0 saturated carbocycles. The molecule has 0 radical (unpaired) electrons. The molecule has 1 saturated heterocycles. The van der Waals surface area contributed by atoms with Gasteiger partial charge in [0.2, 0.25) is 26.0 Å². The minimum absolute atomic E-state index is 0.0818. The fourth-order valence-electron chi connectivity index (χ4n) is 4.39. The third-order valence-corrected chi connectivity index (χ3v) is 10.2. The number of rotatable bonds is 5. The molecule has 0 unspecified atom stereocenters. The summed E-state index contributed by atoms with van der Waals surface area (Å²) >= 11 is 0. The van der Waals surface area contributed by atoms with Crippen LogP contribution in [0.3, 0.4) is 0 Å². The average molecular weight is 492 g/mol. The highest BCUT2D eigenvalue weighted by atomic mass is 32.2. The number of hydrogen-bond acceptors (Lipinski definition) is 5. The maximum Gasteiger partial charge on any atom is 0.243 e. The number of sulfonamides is 2. The Bertz CT molecular complexity index is 1240. The molecule has 2 aromatic carbocycles. The van der Waals surface area contributed by atoms with Gasteiger partial charge >= 0.3 is 0 Å². The second-order valence-corrected chi connectivity index (χ2v) is 12.6. The number of carbonyl (C=O) groups is 1. The van der Waals surface area contributed by atoms with Crippen LogP contribution < -0.4 is 0 Å². The maximum absolute atomic E-state index is 13.5. The molecule has 178 valence electrons. The van der Waals surface area contributed by atoms with E-state index in [9.17, 15) is 21.6 Å². The van der Waals surface area contributed by atoms with Crippen LogP contribution in [0.1, 0.15) is 23.6 Å². The van der Waals surface area contributed by atoms with Crippen molar-refractivity contribution in [3.05, 3.63) is 65.2 Å². The van der Waals surface area contributed by atoms with Gasteiger partial charge in [0.1, 0.15) is 6.04 Å². The summed E-state index contributed by atoms with van der Waals surface area (Å²) in [5, 5.41) is 0. The molecule has 1 amide bonds. The minimum Gasteiger partial charge on any atom is -0.339 e. The van der Waals surface area contributed by atoms with Crippen molar-refractivity contribution in [3.8, 4) is 0 Å². The lowest BCUT2D eigenvalue weighted by Crippen LogP contribution is -2.58. The van der Waals surface area contributed by atoms with Crippen LogP contribution in [0.15, 0.2) is 53.4 Å². The monoisotopic (exact) mass is 491 g/mol. The van der Waals surface area contributed by atoms with Crippen molar-refractivity contribution in [2.75, 3.05) is 31.9 Å². The molecular formula is C23H29N3O5S2. The number of hydrogen-bond donors (Lipinski definition) is 0. The Morgan fingerprint density at radius 3 is 2.12 bits per heavy atom. The van der Waals surface area contributed by atoms with E-state index >= 15 is 0 Å². The van der Waals surface area contributed by atoms with E-state index in [0.717, 1.165) is 16.7 Å². The van der Waals surface area contributed by atoms with Gasteiger partial charge in [-0.3, -0.25) is 4.79 Å². The first kappa shape index (κ1) is 23.9. The van der Waals surface area contributed by atoms with Gasteiger partial charge in [0.05, 0.1) is 10.6 Å². The molecule has 2 aliphatic rings. The summed E-state index contributed by atoms with van der Waals surface area (Å²) in [6, 6.07) is 13.5. The number of fused-ring (bicyclic) bond motifs is 1. The van der Waals surface area contributed by atoms with Crippen molar-refractivity contribution >= 4 is 26.0 Å². The maximum atomic E-state index is 13.5. The quantitative estimate of drug-likeness (QED) is 0.633. The van der Waals surface area contributed by atoms with Crippen LogP contribution in [0.5, 0.6) is 0 Å². The van der Waals surface area contributed by atoms with Gasteiger partial charge in [0.15, 0.2) is 0 Å². The van der Waals surface area contributed by atoms with Crippen LogP contribution in [0, 0.1) is 6.92 Å². The van der Waals surface area contributed by atoms with Crippen LogP contribution in [0.25, 0.3) is 0 Å². The first-order valence-electron chi connectivity index (χ1n) is 11.1. The number of amides is 1. The van der Waals surface area contributed by atoms with E-state index in [0.29, 0.717) is 6.42 Å². The van der Waals surface area contributed by atoms with E-state index in [1.807, 2.05) is 31.2 Å². The van der Waals surface area contributed by atoms with Crippen molar-refractivity contribution in [1.29, 1.82) is 0 Å². The molecule has 1 atom stereocenters. The Kier molecular flexibility index (Phi) is 6.63. The predicted octanol–water partition coefficient (Wildman–Crippen LogP) is 1.60. The molecule has 10 heteroatoms. The number of carbonyl (C=O) groups excluding carboxylic acids is 1. The summed E-state index contributed by atoms with van der Waals surface area (Å²) in [5.41, 5.74) is 2.86. The van der Waals surface area contributed by atoms with E-state index < -0.39 is 26.1 Å². The SMILES string of the molecule is CCS(=O)(=O)N1Cc2ccccc2C[C@@H]1C(=O)N1CCN(S(=O)(=O)c2ccc(C)cc2)CC1. The van der Waals surface area contributed by atoms with Crippen molar-refractivity contribution in [3.63, 3.8) is 0 Å². The van der Waals surface area contributed by atoms with Gasteiger partial charge in [-0.15, -0.1) is 0 Å². The molecule has 0 spiro atoms. The first-order chi connectivity index (χ1) is 15.6. The van der Waals surface area contributed by atoms with Crippen LogP contribution in [0.4, 0.5) is 0 Å². The third kappa shape index (κ3) is 4.70. The summed E-state index contributed by atoms with van der Waals surface area (Å²) < 4.78 is 54.2. The fraction of sp³-hybridized carbons (Fsp3) is 0.435. The van der Waals surface area contributed by atoms with E-state index in [1.54, 1.807) is 36.1 Å². The Labute approximate surface area is 195 Å². The zero-order valence-electron chi connectivity index (χ0n) is 18.8. The van der Waals surface area contributed by atoms with Gasteiger partial charge in [0.25, 0.3) is 0 Å². The zero-order valence-corrected chi connectivity index (χ0v) is 20.5. The summed E-state index contributed by atoms with van der Waals surface area (Å²) in [6.45, 7) is 4.44. The van der Waals surface area contributed by atoms with Crippen LogP contribution in [-0.2, 0) is 37.8 Å². The van der Waals surface area contributed by atoms with Gasteiger partial charge in [-0.1, -0.05) is 42.0 Å². The highest BCUT2D eigenvalue weighted by Gasteiger charge is 2.41. The van der Waals surface area contributed by atoms with Crippen molar-refractivity contribution < 1.29 is 21.6 Å². The molecule has 33 heavy (non-hydrogen) atoms. The van der Waals surface area contributed by atoms with Crippen LogP contribution in [0.2, 0.25) is 0 Å². The predicted molar refractivity (Wildman–Crippen MR) is 125 cm³/mol. The summed E-state index contributed by atoms with van der Waals surface area (Å²) in [7, 11) is -7.23. The molecule has 2 heterocycles. The standard InChI is InChI=1S/C23H29N3O5S2/c1-3-32(28,29)26-17-20-7-5-4-6-19(20)16-22(26)23(27)24-12-14-25(15-13-24)33(30,31)21-10-8-18(2)9-11-21/h4-11,22H,3,12-17H2,1-2H3/t22-/m1/s1. The summed E-state index contributed by atoms with van der Waals surface area (Å²) in [4.78, 5) is 15.3. The molecule has 0 aliphatic carbocycles. The summed E-state index contributed by atoms with van der Waals surface area (Å²) in [5.74, 6) is -0.351. The molecular weight excluding hydrogens is 462 g/mol. The Morgan fingerprint density at radius 2 is 1.52 bits per heavy atom. The van der Waals surface area contributed by atoms with Gasteiger partial charge in [0, 0.05) is 32.7 Å². The van der Waals surface area contributed by atoms with Crippen LogP contribution in [-0.4, -0.2) is 74.2 Å². The Hall–Kier alpha value is -2.27. The van der Waals surface area contributed by atoms with Crippen molar-refractivity contribution in [1.82, 2.24) is 13.5 Å². The number of aryl methyl sites for hydroxylation is 1. The third-order valence-electron chi connectivity index (χ3n) is 6.42. The Morgan fingerprint density at radius 1 is 0.909 bits per heavy atom. The molecule has 2 aliphatic heterocycles. The summed E-state index contributed by atoms with van der Waals surface area (Å²) in [6.07, 6.45) is 0.316. The largest absolute Gasteiger partial charge is 0.339 e. The molecule has 2 aromatic rings. The molecule has 1 fully saturated rings. The second-order valence-electron chi connectivity index (χ2n) is 8.48. The topological polar surface area (TPSA) is 95.1 Å². The first-order valence-corrected chi connectivity index (χ1v) is 14.1. The van der Waals surface area contributed by atoms with E-state index in [2.05, 4.69) is 0 Å². The molecule has 4 rings (SSSR count). The zero-order chi connectivity index (χ0) is 23.8. The highest BCUT2D eigenvalue weighted by Crippen LogP contribution is 2.28. The lowest BCUT2D eigenvalue weighted by Gasteiger charge is -2.40. The average Bonchev–Trinajstić information content (AvgIpc) is 2.83. The van der Waals surface area contributed by atoms with Gasteiger partial charge < -0.3 is 4.90 Å². The molecule has 0 aromatic heterocycles. The number of piperazine rings is 1. The molecule has 0 bridgehead atoms. The number of nitrogens with zero attached hydrogens (tertiary/aromatic N) is 3. The van der Waals surface area contributed by atoms with E-state index in [4.69, 9.17) is 0 Å². The lowest BCUT2D eigenvalue weighted by molar-refractivity contribution is -0.137. The van der Waals surface area contributed by atoms with Gasteiger partial charge in [-0.05, 0) is 43.5 Å². The molecule has 0 N–H and O–H groups in total. The number of benzene rings is 2. The van der Waals surface area contributed by atoms with Gasteiger partial charge in [-0.2, -0.15) is 8.61 Å². The van der Waals surface area contributed by atoms with Crippen molar-refractivity contribution in [2.45, 2.75) is 37.8 Å². The lowest BCUT2D eigenvalue weighted by atomic mass is 9.95. The fourth-order valence-corrected chi connectivity index (χ4v) is 7.03. The van der Waals surface area contributed by atoms with E-state index in [1.165, 1.54) is 8.61 Å². The smallest absolute Gasteiger partial charge is 0.243 e.